The van der Waals surface area contributed by atoms with Gasteiger partial charge in [0.25, 0.3) is 0 Å². The van der Waals surface area contributed by atoms with E-state index in [-0.39, 0.29) is 5.11 Å². The number of nitrogens with zero attached hydrogens (tertiary/aromatic N) is 1. The minimum Gasteiger partial charge on any atom is -0.495 e. The minimum absolute atomic E-state index is 0.117. The molecule has 0 unspecified atom stereocenters. The average molecular weight is 244 g/mol. The van der Waals surface area contributed by atoms with Crippen molar-refractivity contribution in [2.45, 2.75) is 0 Å². The van der Waals surface area contributed by atoms with Gasteiger partial charge >= 0.3 is 0 Å². The average Bonchev–Trinajstić information content (AvgIpc) is 2.17. The highest BCUT2D eigenvalue weighted by Crippen LogP contribution is 2.24. The van der Waals surface area contributed by atoms with Crippen LogP contribution in [0.25, 0.3) is 0 Å². The lowest BCUT2D eigenvalue weighted by atomic mass is 10.2. The molecule has 0 aliphatic rings. The molecule has 4 nitrogen and oxygen atoms in total. The first-order valence-corrected chi connectivity index (χ1v) is 4.84. The molecular weight excluding hydrogens is 234 g/mol. The smallest absolute Gasteiger partial charge is 0.184 e. The van der Waals surface area contributed by atoms with Crippen molar-refractivity contribution in [1.29, 1.82) is 0 Å². The summed E-state index contributed by atoms with van der Waals surface area (Å²) in [4.78, 5) is 0. The fourth-order valence-electron chi connectivity index (χ4n) is 0.933. The van der Waals surface area contributed by atoms with Gasteiger partial charge in [0.1, 0.15) is 5.75 Å². The van der Waals surface area contributed by atoms with Crippen LogP contribution in [-0.4, -0.2) is 18.4 Å². The number of thiocarbonyl (C=S) groups is 1. The second-order valence-electron chi connectivity index (χ2n) is 2.63. The van der Waals surface area contributed by atoms with Crippen molar-refractivity contribution in [2.24, 2.45) is 10.8 Å². The van der Waals surface area contributed by atoms with Crippen molar-refractivity contribution < 1.29 is 4.74 Å². The van der Waals surface area contributed by atoms with E-state index in [1.807, 2.05) is 6.07 Å². The number of nitrogens with two attached hydrogens (primary N) is 1. The van der Waals surface area contributed by atoms with E-state index in [0.717, 1.165) is 5.56 Å². The third kappa shape index (κ3) is 3.73. The molecule has 0 aliphatic carbocycles. The Kier molecular flexibility index (Phi) is 4.33. The van der Waals surface area contributed by atoms with Gasteiger partial charge in [-0.3, -0.25) is 5.43 Å². The van der Waals surface area contributed by atoms with Gasteiger partial charge in [-0.1, -0.05) is 11.6 Å². The first-order valence-electron chi connectivity index (χ1n) is 4.05. The predicted molar refractivity (Wildman–Crippen MR) is 65.5 cm³/mol. The zero-order chi connectivity index (χ0) is 11.3. The number of rotatable bonds is 3. The summed E-state index contributed by atoms with van der Waals surface area (Å²) < 4.78 is 5.01. The number of hydrogen-bond acceptors (Lipinski definition) is 3. The van der Waals surface area contributed by atoms with Gasteiger partial charge in [-0.2, -0.15) is 5.10 Å². The van der Waals surface area contributed by atoms with Crippen molar-refractivity contribution in [3.8, 4) is 5.75 Å². The van der Waals surface area contributed by atoms with Crippen LogP contribution in [0.5, 0.6) is 5.75 Å². The molecule has 0 fully saturated rings. The fraction of sp³-hybridized carbons (Fsp3) is 0.111. The SMILES string of the molecule is COc1ccc(C=NNC(N)=S)cc1Cl. The summed E-state index contributed by atoms with van der Waals surface area (Å²) >= 11 is 10.5. The molecule has 0 aromatic heterocycles. The molecule has 1 rings (SSSR count). The van der Waals surface area contributed by atoms with Gasteiger partial charge in [-0.05, 0) is 36.0 Å². The predicted octanol–water partition coefficient (Wildman–Crippen LogP) is 1.52. The lowest BCUT2D eigenvalue weighted by Crippen LogP contribution is -2.23. The maximum Gasteiger partial charge on any atom is 0.184 e. The summed E-state index contributed by atoms with van der Waals surface area (Å²) in [5, 5.41) is 4.44. The minimum atomic E-state index is 0.117. The quantitative estimate of drug-likeness (QED) is 0.480. The van der Waals surface area contributed by atoms with Gasteiger partial charge < -0.3 is 10.5 Å². The van der Waals surface area contributed by atoms with Crippen molar-refractivity contribution in [2.75, 3.05) is 7.11 Å². The Hall–Kier alpha value is -1.33. The molecule has 0 spiro atoms. The van der Waals surface area contributed by atoms with Crippen LogP contribution in [0.1, 0.15) is 5.56 Å². The third-order valence-electron chi connectivity index (χ3n) is 1.56. The molecule has 1 aromatic rings. The normalized spacial score (nSPS) is 10.3. The summed E-state index contributed by atoms with van der Waals surface area (Å²) in [5.74, 6) is 0.621. The Bertz CT molecular complexity index is 395. The standard InChI is InChI=1S/C9H10ClN3OS/c1-14-8-3-2-6(4-7(8)10)5-12-13-9(11)15/h2-5H,1H3,(H3,11,13,15). The Labute approximate surface area is 98.1 Å². The van der Waals surface area contributed by atoms with Gasteiger partial charge in [-0.25, -0.2) is 0 Å². The second-order valence-corrected chi connectivity index (χ2v) is 3.48. The molecule has 80 valence electrons. The third-order valence-corrected chi connectivity index (χ3v) is 1.95. The topological polar surface area (TPSA) is 59.6 Å². The molecule has 15 heavy (non-hydrogen) atoms. The van der Waals surface area contributed by atoms with E-state index in [9.17, 15) is 0 Å². The van der Waals surface area contributed by atoms with E-state index >= 15 is 0 Å². The number of hydrogen-bond donors (Lipinski definition) is 2. The lowest BCUT2D eigenvalue weighted by Gasteiger charge is -2.02. The Morgan fingerprint density at radius 1 is 1.67 bits per heavy atom. The van der Waals surface area contributed by atoms with Crippen LogP contribution in [0.2, 0.25) is 5.02 Å². The highest BCUT2D eigenvalue weighted by Gasteiger charge is 1.99. The van der Waals surface area contributed by atoms with E-state index in [0.29, 0.717) is 10.8 Å². The molecule has 3 N–H and O–H groups in total. The maximum absolute atomic E-state index is 5.91. The van der Waals surface area contributed by atoms with Crippen LogP contribution in [0.4, 0.5) is 0 Å². The molecule has 0 saturated heterocycles. The Morgan fingerprint density at radius 3 is 2.93 bits per heavy atom. The molecule has 0 saturated carbocycles. The number of halogens is 1. The molecule has 0 heterocycles. The van der Waals surface area contributed by atoms with Crippen molar-refractivity contribution in [3.63, 3.8) is 0 Å². The van der Waals surface area contributed by atoms with E-state index < -0.39 is 0 Å². The van der Waals surface area contributed by atoms with Crippen LogP contribution in [-0.2, 0) is 0 Å². The van der Waals surface area contributed by atoms with Gasteiger partial charge in [0.2, 0.25) is 0 Å². The molecule has 0 radical (unpaired) electrons. The second kappa shape index (κ2) is 5.53. The van der Waals surface area contributed by atoms with Crippen LogP contribution in [0.15, 0.2) is 23.3 Å². The summed E-state index contributed by atoms with van der Waals surface area (Å²) in [7, 11) is 1.56. The van der Waals surface area contributed by atoms with Gasteiger partial charge in [0.05, 0.1) is 18.3 Å². The molecule has 1 aromatic carbocycles. The molecule has 6 heteroatoms. The van der Waals surface area contributed by atoms with Crippen LogP contribution in [0.3, 0.4) is 0 Å². The molecular formula is C9H10ClN3OS. The molecule has 0 bridgehead atoms. The van der Waals surface area contributed by atoms with Crippen molar-refractivity contribution in [1.82, 2.24) is 5.43 Å². The first-order chi connectivity index (χ1) is 7.13. The summed E-state index contributed by atoms with van der Waals surface area (Å²) in [6.45, 7) is 0. The van der Waals surface area contributed by atoms with Crippen LogP contribution < -0.4 is 15.9 Å². The van der Waals surface area contributed by atoms with E-state index in [1.54, 1.807) is 25.5 Å². The number of nitrogens with one attached hydrogen (secondary N) is 1. The Balaban J connectivity index is 2.75. The van der Waals surface area contributed by atoms with Crippen LogP contribution in [0, 0.1) is 0 Å². The van der Waals surface area contributed by atoms with Crippen molar-refractivity contribution in [3.05, 3.63) is 28.8 Å². The zero-order valence-corrected chi connectivity index (χ0v) is 9.60. The lowest BCUT2D eigenvalue weighted by molar-refractivity contribution is 0.415. The van der Waals surface area contributed by atoms with Gasteiger partial charge in [-0.15, -0.1) is 0 Å². The summed E-state index contributed by atoms with van der Waals surface area (Å²) in [5.41, 5.74) is 8.46. The monoisotopic (exact) mass is 243 g/mol. The van der Waals surface area contributed by atoms with E-state index in [4.69, 9.17) is 22.1 Å². The van der Waals surface area contributed by atoms with E-state index in [1.165, 1.54) is 0 Å². The van der Waals surface area contributed by atoms with E-state index in [2.05, 4.69) is 22.7 Å². The largest absolute Gasteiger partial charge is 0.495 e. The zero-order valence-electron chi connectivity index (χ0n) is 8.03. The number of methoxy groups -OCH3 is 1. The number of hydrazone groups is 1. The number of benzene rings is 1. The van der Waals surface area contributed by atoms with Gasteiger partial charge in [0, 0.05) is 0 Å². The molecule has 0 amide bonds. The first kappa shape index (κ1) is 11.7. The molecule has 0 aliphatic heterocycles. The van der Waals surface area contributed by atoms with Crippen LogP contribution >= 0.6 is 23.8 Å². The summed E-state index contributed by atoms with van der Waals surface area (Å²) in [6, 6.07) is 5.30. The Morgan fingerprint density at radius 2 is 2.40 bits per heavy atom. The number of ether oxygens (including phenoxy) is 1. The van der Waals surface area contributed by atoms with Gasteiger partial charge in [0.15, 0.2) is 5.11 Å². The van der Waals surface area contributed by atoms with Crippen molar-refractivity contribution >= 4 is 35.1 Å². The fourth-order valence-corrected chi connectivity index (χ4v) is 1.25. The highest BCUT2D eigenvalue weighted by atomic mass is 35.5. The molecule has 0 atom stereocenters. The highest BCUT2D eigenvalue weighted by molar-refractivity contribution is 7.80. The summed E-state index contributed by atoms with van der Waals surface area (Å²) in [6.07, 6.45) is 1.56. The maximum atomic E-state index is 5.91.